The van der Waals surface area contributed by atoms with E-state index in [4.69, 9.17) is 0 Å². The number of rotatable bonds is 2. The first kappa shape index (κ1) is 10.6. The van der Waals surface area contributed by atoms with Crippen molar-refractivity contribution >= 4 is 5.91 Å². The highest BCUT2D eigenvalue weighted by Gasteiger charge is 2.29. The average molecular weight is 183 g/mol. The third-order valence-electron chi connectivity index (χ3n) is 2.69. The van der Waals surface area contributed by atoms with E-state index in [1.807, 2.05) is 4.90 Å². The summed E-state index contributed by atoms with van der Waals surface area (Å²) in [6, 6.07) is 0.459. The first-order valence-electron chi connectivity index (χ1n) is 5.30. The Labute approximate surface area is 81.3 Å². The minimum atomic E-state index is 0.340. The van der Waals surface area contributed by atoms with Crippen molar-refractivity contribution in [3.8, 4) is 0 Å². The van der Waals surface area contributed by atoms with Crippen LogP contribution < -0.4 is 0 Å². The van der Waals surface area contributed by atoms with Gasteiger partial charge in [0, 0.05) is 19.0 Å². The minimum Gasteiger partial charge on any atom is -0.340 e. The molecule has 0 aromatic heterocycles. The topological polar surface area (TPSA) is 20.3 Å². The second kappa shape index (κ2) is 4.12. The Hall–Kier alpha value is -0.530. The van der Waals surface area contributed by atoms with Gasteiger partial charge in [0.05, 0.1) is 0 Å². The summed E-state index contributed by atoms with van der Waals surface area (Å²) in [7, 11) is 0. The molecule has 1 unspecified atom stereocenters. The molecule has 1 saturated heterocycles. The number of amides is 1. The number of hydrogen-bond acceptors (Lipinski definition) is 1. The van der Waals surface area contributed by atoms with Crippen LogP contribution in [0.3, 0.4) is 0 Å². The van der Waals surface area contributed by atoms with E-state index in [9.17, 15) is 4.79 Å². The third-order valence-corrected chi connectivity index (χ3v) is 2.69. The van der Waals surface area contributed by atoms with Gasteiger partial charge in [-0.15, -0.1) is 0 Å². The SMILES string of the molecule is CC(C)CC(=O)N1CC(C)C[C@H]1C. The van der Waals surface area contributed by atoms with Crippen LogP contribution in [0.5, 0.6) is 0 Å². The number of hydrogen-bond donors (Lipinski definition) is 0. The lowest BCUT2D eigenvalue weighted by Gasteiger charge is -2.22. The summed E-state index contributed by atoms with van der Waals surface area (Å²) in [6.07, 6.45) is 1.88. The van der Waals surface area contributed by atoms with Gasteiger partial charge in [-0.25, -0.2) is 0 Å². The lowest BCUT2D eigenvalue weighted by atomic mass is 10.1. The van der Waals surface area contributed by atoms with Crippen LogP contribution in [-0.4, -0.2) is 23.4 Å². The Morgan fingerprint density at radius 3 is 2.46 bits per heavy atom. The van der Waals surface area contributed by atoms with Crippen molar-refractivity contribution in [1.29, 1.82) is 0 Å². The molecule has 0 radical (unpaired) electrons. The van der Waals surface area contributed by atoms with E-state index in [0.29, 0.717) is 30.2 Å². The summed E-state index contributed by atoms with van der Waals surface area (Å²) in [5.74, 6) is 1.51. The lowest BCUT2D eigenvalue weighted by Crippen LogP contribution is -2.34. The van der Waals surface area contributed by atoms with Crippen LogP contribution in [-0.2, 0) is 4.79 Å². The molecule has 0 bridgehead atoms. The van der Waals surface area contributed by atoms with Crippen LogP contribution in [0.15, 0.2) is 0 Å². The van der Waals surface area contributed by atoms with Gasteiger partial charge in [-0.1, -0.05) is 20.8 Å². The normalized spacial score (nSPS) is 28.5. The van der Waals surface area contributed by atoms with Crippen molar-refractivity contribution in [2.24, 2.45) is 11.8 Å². The van der Waals surface area contributed by atoms with Crippen molar-refractivity contribution < 1.29 is 4.79 Å². The van der Waals surface area contributed by atoms with E-state index in [0.717, 1.165) is 6.54 Å². The van der Waals surface area contributed by atoms with Crippen molar-refractivity contribution in [3.63, 3.8) is 0 Å². The molecular formula is C11H21NO. The van der Waals surface area contributed by atoms with Crippen molar-refractivity contribution in [2.45, 2.75) is 46.6 Å². The fraction of sp³-hybridized carbons (Fsp3) is 0.909. The van der Waals surface area contributed by atoms with Crippen LogP contribution in [0.25, 0.3) is 0 Å². The molecular weight excluding hydrogens is 162 g/mol. The molecule has 2 atom stereocenters. The summed E-state index contributed by atoms with van der Waals surface area (Å²) >= 11 is 0. The average Bonchev–Trinajstić information content (AvgIpc) is 2.28. The Morgan fingerprint density at radius 2 is 2.08 bits per heavy atom. The zero-order chi connectivity index (χ0) is 10.0. The predicted octanol–water partition coefficient (Wildman–Crippen LogP) is 2.29. The van der Waals surface area contributed by atoms with E-state index in [1.165, 1.54) is 6.42 Å². The van der Waals surface area contributed by atoms with Crippen molar-refractivity contribution in [1.82, 2.24) is 4.90 Å². The molecule has 2 nitrogen and oxygen atoms in total. The van der Waals surface area contributed by atoms with Gasteiger partial charge in [0.25, 0.3) is 0 Å². The van der Waals surface area contributed by atoms with Crippen molar-refractivity contribution in [2.75, 3.05) is 6.54 Å². The van der Waals surface area contributed by atoms with E-state index < -0.39 is 0 Å². The first-order chi connectivity index (χ1) is 6.00. The van der Waals surface area contributed by atoms with Gasteiger partial charge in [0.2, 0.25) is 5.91 Å². The second-order valence-corrected chi connectivity index (χ2v) is 4.83. The van der Waals surface area contributed by atoms with Gasteiger partial charge in [0.1, 0.15) is 0 Å². The molecule has 0 aromatic rings. The molecule has 1 heterocycles. The van der Waals surface area contributed by atoms with Gasteiger partial charge < -0.3 is 4.90 Å². The molecule has 2 heteroatoms. The molecule has 0 aliphatic carbocycles. The molecule has 1 aliphatic rings. The second-order valence-electron chi connectivity index (χ2n) is 4.83. The van der Waals surface area contributed by atoms with Crippen LogP contribution in [0, 0.1) is 11.8 Å². The van der Waals surface area contributed by atoms with Gasteiger partial charge in [-0.05, 0) is 25.2 Å². The summed E-state index contributed by atoms with van der Waals surface area (Å²) < 4.78 is 0. The van der Waals surface area contributed by atoms with Gasteiger partial charge >= 0.3 is 0 Å². The largest absolute Gasteiger partial charge is 0.340 e. The van der Waals surface area contributed by atoms with Crippen LogP contribution in [0.1, 0.15) is 40.5 Å². The summed E-state index contributed by atoms with van der Waals surface area (Å²) in [5, 5.41) is 0. The van der Waals surface area contributed by atoms with Crippen LogP contribution in [0.2, 0.25) is 0 Å². The fourth-order valence-corrected chi connectivity index (χ4v) is 2.11. The molecule has 1 aliphatic heterocycles. The van der Waals surface area contributed by atoms with Gasteiger partial charge in [-0.2, -0.15) is 0 Å². The number of nitrogens with zero attached hydrogens (tertiary/aromatic N) is 1. The predicted molar refractivity (Wildman–Crippen MR) is 54.4 cm³/mol. The maximum Gasteiger partial charge on any atom is 0.223 e. The van der Waals surface area contributed by atoms with E-state index in [1.54, 1.807) is 0 Å². The quantitative estimate of drug-likeness (QED) is 0.643. The number of likely N-dealkylation sites (tertiary alicyclic amines) is 1. The zero-order valence-corrected chi connectivity index (χ0v) is 9.21. The molecule has 0 aromatic carbocycles. The highest BCUT2D eigenvalue weighted by atomic mass is 16.2. The van der Waals surface area contributed by atoms with Crippen LogP contribution in [0.4, 0.5) is 0 Å². The highest BCUT2D eigenvalue weighted by Crippen LogP contribution is 2.23. The summed E-state index contributed by atoms with van der Waals surface area (Å²) in [5.41, 5.74) is 0. The molecule has 13 heavy (non-hydrogen) atoms. The maximum atomic E-state index is 11.7. The Morgan fingerprint density at radius 1 is 1.46 bits per heavy atom. The Balaban J connectivity index is 2.47. The van der Waals surface area contributed by atoms with E-state index >= 15 is 0 Å². The zero-order valence-electron chi connectivity index (χ0n) is 9.21. The van der Waals surface area contributed by atoms with Crippen LogP contribution >= 0.6 is 0 Å². The standard InChI is InChI=1S/C11H21NO/c1-8(2)5-11(13)12-7-9(3)6-10(12)4/h8-10H,5-7H2,1-4H3/t9?,10-/m1/s1. The molecule has 1 amide bonds. The number of carbonyl (C=O) groups is 1. The molecule has 0 spiro atoms. The lowest BCUT2D eigenvalue weighted by molar-refractivity contribution is -0.132. The molecule has 0 N–H and O–H groups in total. The summed E-state index contributed by atoms with van der Waals surface area (Å²) in [6.45, 7) is 9.54. The molecule has 1 fully saturated rings. The Bertz CT molecular complexity index is 189. The van der Waals surface area contributed by atoms with E-state index in [2.05, 4.69) is 27.7 Å². The summed E-state index contributed by atoms with van der Waals surface area (Å²) in [4.78, 5) is 13.8. The monoisotopic (exact) mass is 183 g/mol. The molecule has 76 valence electrons. The molecule has 1 rings (SSSR count). The maximum absolute atomic E-state index is 11.7. The first-order valence-corrected chi connectivity index (χ1v) is 5.30. The van der Waals surface area contributed by atoms with Gasteiger partial charge in [-0.3, -0.25) is 4.79 Å². The Kier molecular flexibility index (Phi) is 3.34. The minimum absolute atomic E-state index is 0.340. The highest BCUT2D eigenvalue weighted by molar-refractivity contribution is 5.77. The van der Waals surface area contributed by atoms with Gasteiger partial charge in [0.15, 0.2) is 0 Å². The number of carbonyl (C=O) groups excluding carboxylic acids is 1. The fourth-order valence-electron chi connectivity index (χ4n) is 2.11. The molecule has 0 saturated carbocycles. The van der Waals surface area contributed by atoms with Crippen molar-refractivity contribution in [3.05, 3.63) is 0 Å². The smallest absolute Gasteiger partial charge is 0.223 e. The van der Waals surface area contributed by atoms with E-state index in [-0.39, 0.29) is 0 Å². The third kappa shape index (κ3) is 2.71.